The summed E-state index contributed by atoms with van der Waals surface area (Å²) in [6, 6.07) is 13.7. The van der Waals surface area contributed by atoms with Gasteiger partial charge in [0.2, 0.25) is 11.8 Å². The van der Waals surface area contributed by atoms with Gasteiger partial charge in [0.1, 0.15) is 11.6 Å². The maximum Gasteiger partial charge on any atom is 0.231 e. The molecule has 0 radical (unpaired) electrons. The summed E-state index contributed by atoms with van der Waals surface area (Å²) >= 11 is 0. The molecular weight excluding hydrogens is 482 g/mol. The van der Waals surface area contributed by atoms with E-state index in [1.165, 1.54) is 6.07 Å². The number of aliphatic hydroxyl groups excluding tert-OH is 2. The van der Waals surface area contributed by atoms with E-state index >= 15 is 0 Å². The highest BCUT2D eigenvalue weighted by Crippen LogP contribution is 2.35. The summed E-state index contributed by atoms with van der Waals surface area (Å²) in [6.07, 6.45) is 2.43. The lowest BCUT2D eigenvalue weighted by molar-refractivity contribution is 0.168. The lowest BCUT2D eigenvalue weighted by atomic mass is 10.1. The second-order valence-electron chi connectivity index (χ2n) is 8.52. The third-order valence-corrected chi connectivity index (χ3v) is 7.77. The first-order valence-electron chi connectivity index (χ1n) is 11.4. The molecule has 0 saturated carbocycles. The van der Waals surface area contributed by atoms with Gasteiger partial charge < -0.3 is 25.3 Å². The molecule has 4 aromatic rings. The van der Waals surface area contributed by atoms with Crippen molar-refractivity contribution in [3.63, 3.8) is 0 Å². The Kier molecular flexibility index (Phi) is 6.44. The Morgan fingerprint density at radius 1 is 1.14 bits per heavy atom. The van der Waals surface area contributed by atoms with Gasteiger partial charge >= 0.3 is 0 Å². The van der Waals surface area contributed by atoms with Gasteiger partial charge in [-0.25, -0.2) is 18.4 Å². The lowest BCUT2D eigenvalue weighted by Crippen LogP contribution is -2.20. The topological polar surface area (TPSA) is 150 Å². The van der Waals surface area contributed by atoms with Crippen molar-refractivity contribution in [2.45, 2.75) is 30.4 Å². The quantitative estimate of drug-likeness (QED) is 0.292. The van der Waals surface area contributed by atoms with Crippen LogP contribution in [0, 0.1) is 6.92 Å². The van der Waals surface area contributed by atoms with Crippen LogP contribution in [-0.4, -0.2) is 45.9 Å². The van der Waals surface area contributed by atoms with E-state index in [0.717, 1.165) is 5.56 Å². The third kappa shape index (κ3) is 4.81. The fourth-order valence-electron chi connectivity index (χ4n) is 4.10. The summed E-state index contributed by atoms with van der Waals surface area (Å²) < 4.78 is 30.4. The Hall–Kier alpha value is -3.80. The predicted molar refractivity (Wildman–Crippen MR) is 134 cm³/mol. The molecule has 10 nitrogen and oxygen atoms in total. The van der Waals surface area contributed by atoms with Crippen molar-refractivity contribution in [3.8, 4) is 11.5 Å². The summed E-state index contributed by atoms with van der Waals surface area (Å²) in [7, 11) is -3.42. The molecule has 0 bridgehead atoms. The molecule has 0 amide bonds. The molecule has 3 heterocycles. The zero-order valence-electron chi connectivity index (χ0n) is 19.4. The molecule has 0 fully saturated rings. The number of nitrogens with zero attached hydrogens (tertiary/aromatic N) is 3. The van der Waals surface area contributed by atoms with E-state index in [4.69, 9.17) is 4.42 Å². The normalized spacial score (nSPS) is 17.2. The van der Waals surface area contributed by atoms with Crippen LogP contribution in [0.25, 0.3) is 11.5 Å². The van der Waals surface area contributed by atoms with E-state index < -0.39 is 22.0 Å². The molecule has 36 heavy (non-hydrogen) atoms. The lowest BCUT2D eigenvalue weighted by Gasteiger charge is -2.22. The highest BCUT2D eigenvalue weighted by Gasteiger charge is 2.29. The third-order valence-electron chi connectivity index (χ3n) is 5.96. The van der Waals surface area contributed by atoms with Gasteiger partial charge in [-0.3, -0.25) is 0 Å². The monoisotopic (exact) mass is 507 g/mol. The SMILES string of the molecule is Cc1cnc(-c2cnc(Nc3ccc4c(c3)C(O)CCS4(=O)=O)nc2N[C@H](CO)c2ccccc2)o1. The molecule has 2 aromatic heterocycles. The van der Waals surface area contributed by atoms with Crippen LogP contribution >= 0.6 is 0 Å². The van der Waals surface area contributed by atoms with E-state index in [2.05, 4.69) is 25.6 Å². The molecule has 0 spiro atoms. The van der Waals surface area contributed by atoms with Crippen molar-refractivity contribution in [1.82, 2.24) is 15.0 Å². The second-order valence-corrected chi connectivity index (χ2v) is 10.6. The van der Waals surface area contributed by atoms with Crippen LogP contribution in [0.4, 0.5) is 17.5 Å². The van der Waals surface area contributed by atoms with Crippen molar-refractivity contribution < 1.29 is 23.0 Å². The summed E-state index contributed by atoms with van der Waals surface area (Å²) in [4.78, 5) is 13.4. The van der Waals surface area contributed by atoms with Crippen molar-refractivity contribution in [3.05, 3.63) is 77.8 Å². The first-order chi connectivity index (χ1) is 17.3. The maximum absolute atomic E-state index is 12.4. The number of sulfone groups is 1. The minimum Gasteiger partial charge on any atom is -0.441 e. The van der Waals surface area contributed by atoms with Crippen molar-refractivity contribution >= 4 is 27.3 Å². The standard InChI is InChI=1S/C25H25N5O5S/c1-15-12-26-24(35-15)19-13-27-25(30-23(19)29-20(14-31)16-5-3-2-4-6-16)28-17-7-8-22-18(11-17)21(32)9-10-36(22,33)34/h2-8,11-13,20-21,31-32H,9-10,14H2,1H3,(H2,27,28,29,30)/t20-,21?/m1/s1. The van der Waals surface area contributed by atoms with Crippen LogP contribution in [0.15, 0.2) is 70.2 Å². The number of fused-ring (bicyclic) bond motifs is 1. The van der Waals surface area contributed by atoms with Gasteiger partial charge in [-0.1, -0.05) is 30.3 Å². The number of aryl methyl sites for hydroxylation is 1. The number of rotatable bonds is 7. The fraction of sp³-hybridized carbons (Fsp3) is 0.240. The summed E-state index contributed by atoms with van der Waals surface area (Å²) in [5, 5.41) is 26.7. The number of hydrogen-bond acceptors (Lipinski definition) is 10. The number of aliphatic hydroxyl groups is 2. The van der Waals surface area contributed by atoms with Crippen LogP contribution in [0.2, 0.25) is 0 Å². The number of aromatic nitrogens is 3. The molecule has 0 saturated heterocycles. The largest absolute Gasteiger partial charge is 0.441 e. The van der Waals surface area contributed by atoms with E-state index in [9.17, 15) is 18.6 Å². The number of hydrogen-bond donors (Lipinski definition) is 4. The number of benzene rings is 2. The molecule has 2 atom stereocenters. The smallest absolute Gasteiger partial charge is 0.231 e. The summed E-state index contributed by atoms with van der Waals surface area (Å²) in [5.41, 5.74) is 2.25. The van der Waals surface area contributed by atoms with Gasteiger partial charge in [-0.15, -0.1) is 0 Å². The summed E-state index contributed by atoms with van der Waals surface area (Å²) in [5.74, 6) is 1.48. The number of anilines is 3. The zero-order chi connectivity index (χ0) is 25.3. The fourth-order valence-corrected chi connectivity index (χ4v) is 5.69. The molecule has 2 aromatic carbocycles. The average molecular weight is 508 g/mol. The van der Waals surface area contributed by atoms with E-state index in [1.54, 1.807) is 31.5 Å². The van der Waals surface area contributed by atoms with Gasteiger partial charge in [-0.2, -0.15) is 4.98 Å². The van der Waals surface area contributed by atoms with Crippen LogP contribution in [0.3, 0.4) is 0 Å². The Balaban J connectivity index is 1.50. The number of oxazole rings is 1. The van der Waals surface area contributed by atoms with Gasteiger partial charge in [-0.05, 0) is 37.1 Å². The molecule has 4 N–H and O–H groups in total. The zero-order valence-corrected chi connectivity index (χ0v) is 20.2. The molecular formula is C25H25N5O5S. The first-order valence-corrected chi connectivity index (χ1v) is 13.0. The van der Waals surface area contributed by atoms with E-state index in [0.29, 0.717) is 34.3 Å². The van der Waals surface area contributed by atoms with Gasteiger partial charge in [0, 0.05) is 17.4 Å². The minimum absolute atomic E-state index is 0.0821. The predicted octanol–water partition coefficient (Wildman–Crippen LogP) is 3.54. The van der Waals surface area contributed by atoms with Crippen LogP contribution in [-0.2, 0) is 9.84 Å². The van der Waals surface area contributed by atoms with Crippen molar-refractivity contribution in [2.24, 2.45) is 0 Å². The van der Waals surface area contributed by atoms with E-state index in [-0.39, 0.29) is 29.6 Å². The van der Waals surface area contributed by atoms with Crippen LogP contribution < -0.4 is 10.6 Å². The maximum atomic E-state index is 12.4. The molecule has 1 aliphatic heterocycles. The number of nitrogens with one attached hydrogen (secondary N) is 2. The highest BCUT2D eigenvalue weighted by molar-refractivity contribution is 7.91. The van der Waals surface area contributed by atoms with Gasteiger partial charge in [0.15, 0.2) is 9.84 Å². The highest BCUT2D eigenvalue weighted by atomic mass is 32.2. The van der Waals surface area contributed by atoms with Crippen LogP contribution in [0.1, 0.15) is 35.5 Å². The van der Waals surface area contributed by atoms with Crippen LogP contribution in [0.5, 0.6) is 0 Å². The molecule has 1 unspecified atom stereocenters. The second kappa shape index (κ2) is 9.69. The van der Waals surface area contributed by atoms with Crippen molar-refractivity contribution in [2.75, 3.05) is 23.0 Å². The molecule has 0 aliphatic carbocycles. The summed E-state index contributed by atoms with van der Waals surface area (Å²) in [6.45, 7) is 1.60. The van der Waals surface area contributed by atoms with Gasteiger partial charge in [0.05, 0.1) is 41.2 Å². The Morgan fingerprint density at radius 3 is 2.67 bits per heavy atom. The van der Waals surface area contributed by atoms with Gasteiger partial charge in [0.25, 0.3) is 0 Å². The molecule has 5 rings (SSSR count). The molecule has 186 valence electrons. The molecule has 11 heteroatoms. The average Bonchev–Trinajstić information content (AvgIpc) is 3.31. The van der Waals surface area contributed by atoms with E-state index in [1.807, 2.05) is 30.3 Å². The first kappa shape index (κ1) is 23.9. The molecule has 1 aliphatic rings. The van der Waals surface area contributed by atoms with Crippen molar-refractivity contribution in [1.29, 1.82) is 0 Å². The Bertz CT molecular complexity index is 1490. The Labute approximate surface area is 208 Å². The Morgan fingerprint density at radius 2 is 1.94 bits per heavy atom. The minimum atomic E-state index is -3.42.